The van der Waals surface area contributed by atoms with Crippen molar-refractivity contribution in [1.82, 2.24) is 10.4 Å². The Morgan fingerprint density at radius 3 is 2.54 bits per heavy atom. The second-order valence-corrected chi connectivity index (χ2v) is 5.84. The normalized spacial score (nSPS) is 12.6. The van der Waals surface area contributed by atoms with Crippen LogP contribution in [0.1, 0.15) is 42.7 Å². The van der Waals surface area contributed by atoms with Crippen molar-refractivity contribution in [2.75, 3.05) is 5.32 Å². The third-order valence-electron chi connectivity index (χ3n) is 3.66. The van der Waals surface area contributed by atoms with E-state index in [4.69, 9.17) is 5.84 Å². The van der Waals surface area contributed by atoms with Gasteiger partial charge in [-0.15, -0.1) is 6.58 Å². The van der Waals surface area contributed by atoms with Gasteiger partial charge in [-0.25, -0.2) is 10.8 Å². The number of allylic oxidation sites excluding steroid dienone is 1. The molecule has 11 heteroatoms. The molecule has 4 N–H and O–H groups in total. The van der Waals surface area contributed by atoms with Gasteiger partial charge < -0.3 is 5.32 Å². The predicted octanol–water partition coefficient (Wildman–Crippen LogP) is 3.01. The number of halogens is 3. The smallest absolute Gasteiger partial charge is 0.367 e. The topological polar surface area (TPSA) is 123 Å². The van der Waals surface area contributed by atoms with Crippen LogP contribution < -0.4 is 16.6 Å². The summed E-state index contributed by atoms with van der Waals surface area (Å²) in [5, 5.41) is 13.7. The second kappa shape index (κ2) is 8.61. The van der Waals surface area contributed by atoms with Crippen molar-refractivity contribution < 1.29 is 22.9 Å². The number of pyridine rings is 1. The molecular weight excluding hydrogens is 355 g/mol. The molecule has 0 spiro atoms. The second-order valence-electron chi connectivity index (χ2n) is 5.84. The van der Waals surface area contributed by atoms with E-state index >= 15 is 0 Å². The lowest BCUT2D eigenvalue weighted by Gasteiger charge is -2.24. The number of carbonyl (C=O) groups is 1. The standard InChI is InChI=1S/C15H20F3N5O3/c1-4-5-6-10(8(2)3)20-13-9(15(16,17)18)7-11(23(25)26)12(21-13)14(24)22-19/h4,7-8,10H,1,5-6,19H2,2-3H3,(H,20,21)(H,22,24). The molecule has 1 amide bonds. The number of nitrogens with zero attached hydrogens (tertiary/aromatic N) is 2. The molecule has 0 radical (unpaired) electrons. The van der Waals surface area contributed by atoms with Crippen molar-refractivity contribution in [1.29, 1.82) is 0 Å². The van der Waals surface area contributed by atoms with Crippen LogP contribution in [0.3, 0.4) is 0 Å². The van der Waals surface area contributed by atoms with Gasteiger partial charge in [-0.2, -0.15) is 13.2 Å². The highest BCUT2D eigenvalue weighted by atomic mass is 19.4. The summed E-state index contributed by atoms with van der Waals surface area (Å²) in [5.74, 6) is 3.05. The average molecular weight is 375 g/mol. The van der Waals surface area contributed by atoms with Crippen LogP contribution in [0, 0.1) is 16.0 Å². The van der Waals surface area contributed by atoms with E-state index in [1.807, 2.05) is 0 Å². The van der Waals surface area contributed by atoms with Crippen LogP contribution in [0.25, 0.3) is 0 Å². The average Bonchev–Trinajstić information content (AvgIpc) is 2.55. The summed E-state index contributed by atoms with van der Waals surface area (Å²) in [6, 6.07) is -0.137. The first kappa shape index (κ1) is 21.4. The van der Waals surface area contributed by atoms with Crippen molar-refractivity contribution in [2.24, 2.45) is 11.8 Å². The molecule has 1 unspecified atom stereocenters. The number of rotatable bonds is 8. The molecule has 1 heterocycles. The first-order valence-corrected chi connectivity index (χ1v) is 7.67. The zero-order chi connectivity index (χ0) is 20.1. The van der Waals surface area contributed by atoms with Gasteiger partial charge in [-0.3, -0.25) is 20.3 Å². The third-order valence-corrected chi connectivity index (χ3v) is 3.66. The Hall–Kier alpha value is -2.69. The van der Waals surface area contributed by atoms with Crippen molar-refractivity contribution in [3.8, 4) is 0 Å². The summed E-state index contributed by atoms with van der Waals surface area (Å²) in [6.45, 7) is 7.17. The van der Waals surface area contributed by atoms with E-state index < -0.39 is 45.8 Å². The number of nitrogens with two attached hydrogens (primary N) is 1. The zero-order valence-corrected chi connectivity index (χ0v) is 14.3. The highest BCUT2D eigenvalue weighted by molar-refractivity contribution is 5.96. The van der Waals surface area contributed by atoms with E-state index in [1.54, 1.807) is 25.3 Å². The number of aromatic nitrogens is 1. The Kier molecular flexibility index (Phi) is 7.07. The van der Waals surface area contributed by atoms with Crippen LogP contribution in [0.4, 0.5) is 24.7 Å². The van der Waals surface area contributed by atoms with Crippen LogP contribution in [-0.4, -0.2) is 21.9 Å². The van der Waals surface area contributed by atoms with Crippen molar-refractivity contribution in [3.63, 3.8) is 0 Å². The molecule has 1 aromatic rings. The van der Waals surface area contributed by atoms with Crippen LogP contribution in [0.2, 0.25) is 0 Å². The minimum Gasteiger partial charge on any atom is -0.367 e. The Labute approximate surface area is 147 Å². The number of hydrogen-bond acceptors (Lipinski definition) is 6. The van der Waals surface area contributed by atoms with Gasteiger partial charge in [0.05, 0.1) is 4.92 Å². The quantitative estimate of drug-likeness (QED) is 0.211. The van der Waals surface area contributed by atoms with Crippen LogP contribution in [0.15, 0.2) is 18.7 Å². The van der Waals surface area contributed by atoms with E-state index in [9.17, 15) is 28.1 Å². The number of hydrogen-bond donors (Lipinski definition) is 3. The Balaban J connectivity index is 3.53. The molecule has 1 rings (SSSR count). The number of nitro groups is 1. The van der Waals surface area contributed by atoms with E-state index in [-0.39, 0.29) is 12.0 Å². The molecule has 0 bridgehead atoms. The first-order valence-electron chi connectivity index (χ1n) is 7.67. The number of nitrogens with one attached hydrogen (secondary N) is 2. The number of carbonyl (C=O) groups excluding carboxylic acids is 1. The maximum atomic E-state index is 13.4. The summed E-state index contributed by atoms with van der Waals surface area (Å²) in [5.41, 5.74) is -1.58. The van der Waals surface area contributed by atoms with E-state index in [2.05, 4.69) is 16.9 Å². The van der Waals surface area contributed by atoms with E-state index in [0.29, 0.717) is 12.8 Å². The van der Waals surface area contributed by atoms with Gasteiger partial charge in [0.2, 0.25) is 5.69 Å². The van der Waals surface area contributed by atoms with Crippen molar-refractivity contribution >= 4 is 17.4 Å². The van der Waals surface area contributed by atoms with Crippen molar-refractivity contribution in [3.05, 3.63) is 40.1 Å². The Morgan fingerprint density at radius 2 is 2.12 bits per heavy atom. The SMILES string of the molecule is C=CCCC(Nc1nc(C(=O)NN)c([N+](=O)[O-])cc1C(F)(F)F)C(C)C. The predicted molar refractivity (Wildman–Crippen MR) is 89.2 cm³/mol. The lowest BCUT2D eigenvalue weighted by atomic mass is 9.99. The molecule has 26 heavy (non-hydrogen) atoms. The van der Waals surface area contributed by atoms with E-state index in [0.717, 1.165) is 0 Å². The number of amides is 1. The number of anilines is 1. The van der Waals surface area contributed by atoms with Crippen LogP contribution >= 0.6 is 0 Å². The maximum absolute atomic E-state index is 13.4. The minimum atomic E-state index is -4.90. The molecule has 8 nitrogen and oxygen atoms in total. The third kappa shape index (κ3) is 5.15. The Morgan fingerprint density at radius 1 is 1.50 bits per heavy atom. The van der Waals surface area contributed by atoms with Crippen LogP contribution in [0.5, 0.6) is 0 Å². The number of hydrazine groups is 1. The lowest BCUT2D eigenvalue weighted by molar-refractivity contribution is -0.385. The van der Waals surface area contributed by atoms with Gasteiger partial charge in [-0.1, -0.05) is 19.9 Å². The molecule has 0 aliphatic rings. The fourth-order valence-corrected chi connectivity index (χ4v) is 2.25. The summed E-state index contributed by atoms with van der Waals surface area (Å²) < 4.78 is 40.1. The summed E-state index contributed by atoms with van der Waals surface area (Å²) in [7, 11) is 0. The molecule has 0 aliphatic carbocycles. The van der Waals surface area contributed by atoms with Crippen LogP contribution in [-0.2, 0) is 6.18 Å². The molecule has 1 atom stereocenters. The fraction of sp³-hybridized carbons (Fsp3) is 0.467. The minimum absolute atomic E-state index is 0.0696. The highest BCUT2D eigenvalue weighted by Gasteiger charge is 2.39. The van der Waals surface area contributed by atoms with Crippen molar-refractivity contribution in [2.45, 2.75) is 38.9 Å². The summed E-state index contributed by atoms with van der Waals surface area (Å²) in [4.78, 5) is 25.2. The molecule has 144 valence electrons. The molecule has 0 saturated carbocycles. The van der Waals surface area contributed by atoms with Gasteiger partial charge in [0.25, 0.3) is 5.91 Å². The fourth-order valence-electron chi connectivity index (χ4n) is 2.25. The number of alkyl halides is 3. The molecule has 0 aromatic carbocycles. The summed E-state index contributed by atoms with van der Waals surface area (Å²) in [6.07, 6.45) is -2.27. The van der Waals surface area contributed by atoms with E-state index in [1.165, 1.54) is 0 Å². The van der Waals surface area contributed by atoms with Gasteiger partial charge in [0, 0.05) is 12.1 Å². The zero-order valence-electron chi connectivity index (χ0n) is 14.3. The highest BCUT2D eigenvalue weighted by Crippen LogP contribution is 2.38. The first-order chi connectivity index (χ1) is 12.0. The molecule has 0 saturated heterocycles. The lowest BCUT2D eigenvalue weighted by Crippen LogP contribution is -2.33. The largest absolute Gasteiger partial charge is 0.420 e. The number of nitrogen functional groups attached to an aromatic ring is 1. The van der Waals surface area contributed by atoms with Gasteiger partial charge in [-0.05, 0) is 18.8 Å². The maximum Gasteiger partial charge on any atom is 0.420 e. The molecule has 0 aliphatic heterocycles. The Bertz CT molecular complexity index is 692. The molecule has 1 aromatic heterocycles. The van der Waals surface area contributed by atoms with Gasteiger partial charge in [0.1, 0.15) is 11.4 Å². The molecule has 0 fully saturated rings. The monoisotopic (exact) mass is 375 g/mol. The molecular formula is C15H20F3N5O3. The van der Waals surface area contributed by atoms with Gasteiger partial charge >= 0.3 is 11.9 Å². The summed E-state index contributed by atoms with van der Waals surface area (Å²) >= 11 is 0. The van der Waals surface area contributed by atoms with Gasteiger partial charge in [0.15, 0.2) is 0 Å².